The fraction of sp³-hybridized carbons (Fsp3) is 0.611. The van der Waals surface area contributed by atoms with Gasteiger partial charge in [0.1, 0.15) is 0 Å². The first-order valence-electron chi connectivity index (χ1n) is 8.99. The third-order valence-electron chi connectivity index (χ3n) is 5.24. The summed E-state index contributed by atoms with van der Waals surface area (Å²) in [6, 6.07) is 9.32. The predicted molar refractivity (Wildman–Crippen MR) is 90.7 cm³/mol. The summed E-state index contributed by atoms with van der Waals surface area (Å²) in [5, 5.41) is 12.8. The number of ether oxygens (including phenoxy) is 1. The van der Waals surface area contributed by atoms with Gasteiger partial charge in [-0.15, -0.1) is 5.10 Å². The number of hydrogen-bond acceptors (Lipinski definition) is 5. The van der Waals surface area contributed by atoms with Crippen molar-refractivity contribution in [1.82, 2.24) is 25.1 Å². The summed E-state index contributed by atoms with van der Waals surface area (Å²) in [7, 11) is 0. The minimum Gasteiger partial charge on any atom is -0.379 e. The Morgan fingerprint density at radius 3 is 2.50 bits per heavy atom. The van der Waals surface area contributed by atoms with E-state index in [0.717, 1.165) is 32.1 Å². The first kappa shape index (κ1) is 15.7. The van der Waals surface area contributed by atoms with Gasteiger partial charge >= 0.3 is 0 Å². The van der Waals surface area contributed by atoms with Crippen molar-refractivity contribution in [1.29, 1.82) is 0 Å². The van der Waals surface area contributed by atoms with Crippen LogP contribution in [0.15, 0.2) is 24.3 Å². The second-order valence-electron chi connectivity index (χ2n) is 6.88. The Morgan fingerprint density at radius 1 is 1.08 bits per heavy atom. The highest BCUT2D eigenvalue weighted by molar-refractivity contribution is 5.28. The first-order chi connectivity index (χ1) is 11.8. The maximum atomic E-state index is 5.55. The van der Waals surface area contributed by atoms with Crippen molar-refractivity contribution < 1.29 is 4.74 Å². The van der Waals surface area contributed by atoms with Crippen molar-refractivity contribution in [3.8, 4) is 0 Å². The molecule has 2 heterocycles. The van der Waals surface area contributed by atoms with Gasteiger partial charge in [0.2, 0.25) is 0 Å². The molecule has 6 nitrogen and oxygen atoms in total. The van der Waals surface area contributed by atoms with Crippen LogP contribution in [-0.2, 0) is 4.74 Å². The molecule has 0 radical (unpaired) electrons. The molecule has 0 N–H and O–H groups in total. The lowest BCUT2D eigenvalue weighted by atomic mass is 10.0. The van der Waals surface area contributed by atoms with E-state index >= 15 is 0 Å². The lowest BCUT2D eigenvalue weighted by Crippen LogP contribution is -2.40. The van der Waals surface area contributed by atoms with Crippen molar-refractivity contribution in [3.05, 3.63) is 41.2 Å². The third kappa shape index (κ3) is 3.08. The van der Waals surface area contributed by atoms with Crippen LogP contribution in [0.3, 0.4) is 0 Å². The molecule has 24 heavy (non-hydrogen) atoms. The largest absolute Gasteiger partial charge is 0.379 e. The van der Waals surface area contributed by atoms with Crippen molar-refractivity contribution >= 4 is 0 Å². The molecule has 0 bridgehead atoms. The molecule has 0 spiro atoms. The zero-order valence-electron chi connectivity index (χ0n) is 14.3. The van der Waals surface area contributed by atoms with Crippen LogP contribution in [0.5, 0.6) is 0 Å². The zero-order chi connectivity index (χ0) is 16.4. The fourth-order valence-corrected chi connectivity index (χ4v) is 3.90. The lowest BCUT2D eigenvalue weighted by Gasteiger charge is -2.34. The van der Waals surface area contributed by atoms with E-state index in [1.807, 2.05) is 0 Å². The van der Waals surface area contributed by atoms with Crippen molar-refractivity contribution in [3.63, 3.8) is 0 Å². The molecule has 128 valence electrons. The van der Waals surface area contributed by atoms with Gasteiger partial charge in [0.25, 0.3) is 0 Å². The molecule has 2 aliphatic rings. The van der Waals surface area contributed by atoms with Gasteiger partial charge in [-0.1, -0.05) is 42.7 Å². The zero-order valence-corrected chi connectivity index (χ0v) is 14.3. The van der Waals surface area contributed by atoms with Gasteiger partial charge in [-0.05, 0) is 35.8 Å². The van der Waals surface area contributed by atoms with Gasteiger partial charge in [0.05, 0.1) is 25.3 Å². The number of hydrogen-bond donors (Lipinski definition) is 0. The maximum Gasteiger partial charge on any atom is 0.173 e. The average Bonchev–Trinajstić information content (AvgIpc) is 3.29. The predicted octanol–water partition coefficient (Wildman–Crippen LogP) is 2.52. The smallest absolute Gasteiger partial charge is 0.173 e. The van der Waals surface area contributed by atoms with Crippen LogP contribution in [0.25, 0.3) is 0 Å². The summed E-state index contributed by atoms with van der Waals surface area (Å²) in [5.41, 5.74) is 2.53. The number of aromatic nitrogens is 4. The molecule has 2 fully saturated rings. The Morgan fingerprint density at radius 2 is 1.79 bits per heavy atom. The fourth-order valence-electron chi connectivity index (χ4n) is 3.90. The molecule has 1 atom stereocenters. The van der Waals surface area contributed by atoms with E-state index in [1.54, 1.807) is 0 Å². The van der Waals surface area contributed by atoms with Gasteiger partial charge in [0.15, 0.2) is 5.82 Å². The van der Waals surface area contributed by atoms with Crippen molar-refractivity contribution in [2.75, 3.05) is 26.3 Å². The summed E-state index contributed by atoms with van der Waals surface area (Å²) < 4.78 is 7.64. The molecule has 1 aromatic heterocycles. The summed E-state index contributed by atoms with van der Waals surface area (Å²) >= 11 is 0. The molecular weight excluding hydrogens is 302 g/mol. The Balaban J connectivity index is 1.72. The molecule has 2 aromatic rings. The topological polar surface area (TPSA) is 56.1 Å². The van der Waals surface area contributed by atoms with E-state index < -0.39 is 0 Å². The molecule has 1 aliphatic heterocycles. The van der Waals surface area contributed by atoms with Gasteiger partial charge in [-0.3, -0.25) is 4.90 Å². The summed E-state index contributed by atoms with van der Waals surface area (Å²) in [6.07, 6.45) is 4.91. The normalized spacial score (nSPS) is 21.2. The summed E-state index contributed by atoms with van der Waals surface area (Å²) in [4.78, 5) is 2.45. The van der Waals surface area contributed by atoms with Crippen LogP contribution in [-0.4, -0.2) is 51.4 Å². The second kappa shape index (κ2) is 6.99. The van der Waals surface area contributed by atoms with Crippen LogP contribution in [0.2, 0.25) is 0 Å². The van der Waals surface area contributed by atoms with E-state index in [9.17, 15) is 0 Å². The van der Waals surface area contributed by atoms with Gasteiger partial charge in [-0.2, -0.15) is 0 Å². The molecule has 0 unspecified atom stereocenters. The molecule has 4 rings (SSSR count). The Hall–Kier alpha value is -1.79. The molecule has 1 aliphatic carbocycles. The number of aryl methyl sites for hydroxylation is 1. The summed E-state index contributed by atoms with van der Waals surface area (Å²) in [6.45, 7) is 5.49. The molecule has 0 amide bonds. The standard InChI is InChI=1S/C18H25N5O/c1-14-6-8-15(9-7-14)17(22-10-12-24-13-11-22)18-19-20-21-23(18)16-4-2-3-5-16/h6-9,16-17H,2-5,10-13H2,1H3/t17-/m0/s1. The second-order valence-corrected chi connectivity index (χ2v) is 6.88. The lowest BCUT2D eigenvalue weighted by molar-refractivity contribution is 0.0213. The van der Waals surface area contributed by atoms with Gasteiger partial charge < -0.3 is 4.74 Å². The maximum absolute atomic E-state index is 5.55. The number of tetrazole rings is 1. The van der Waals surface area contributed by atoms with E-state index in [0.29, 0.717) is 6.04 Å². The van der Waals surface area contributed by atoms with Crippen LogP contribution >= 0.6 is 0 Å². The van der Waals surface area contributed by atoms with Crippen molar-refractivity contribution in [2.45, 2.75) is 44.7 Å². The van der Waals surface area contributed by atoms with E-state index in [4.69, 9.17) is 4.74 Å². The molecule has 6 heteroatoms. The highest BCUT2D eigenvalue weighted by atomic mass is 16.5. The minimum absolute atomic E-state index is 0.102. The monoisotopic (exact) mass is 327 g/mol. The van der Waals surface area contributed by atoms with E-state index in [2.05, 4.69) is 56.3 Å². The van der Waals surface area contributed by atoms with Crippen LogP contribution in [0.1, 0.15) is 54.7 Å². The first-order valence-corrected chi connectivity index (χ1v) is 8.99. The number of benzene rings is 1. The quantitative estimate of drug-likeness (QED) is 0.864. The average molecular weight is 327 g/mol. The van der Waals surface area contributed by atoms with E-state index in [1.165, 1.54) is 36.8 Å². The minimum atomic E-state index is 0.102. The van der Waals surface area contributed by atoms with Gasteiger partial charge in [-0.25, -0.2) is 4.68 Å². The van der Waals surface area contributed by atoms with Crippen molar-refractivity contribution in [2.24, 2.45) is 0 Å². The molecule has 1 saturated carbocycles. The SMILES string of the molecule is Cc1ccc([C@@H](c2nnnn2C2CCCC2)N2CCOCC2)cc1. The molecule has 1 aromatic carbocycles. The Kier molecular flexibility index (Phi) is 4.58. The summed E-state index contributed by atoms with van der Waals surface area (Å²) in [5.74, 6) is 0.979. The number of rotatable bonds is 4. The molecular formula is C18H25N5O. The van der Waals surface area contributed by atoms with Crippen LogP contribution < -0.4 is 0 Å². The Labute approximate surface area is 142 Å². The highest BCUT2D eigenvalue weighted by Gasteiger charge is 2.31. The number of nitrogens with zero attached hydrogens (tertiary/aromatic N) is 5. The molecule has 1 saturated heterocycles. The highest BCUT2D eigenvalue weighted by Crippen LogP contribution is 2.34. The number of morpholine rings is 1. The third-order valence-corrected chi connectivity index (χ3v) is 5.24. The van der Waals surface area contributed by atoms with Crippen LogP contribution in [0.4, 0.5) is 0 Å². The van der Waals surface area contributed by atoms with E-state index in [-0.39, 0.29) is 6.04 Å². The van der Waals surface area contributed by atoms with Gasteiger partial charge in [0, 0.05) is 13.1 Å². The van der Waals surface area contributed by atoms with Crippen LogP contribution in [0, 0.1) is 6.92 Å². The Bertz CT molecular complexity index is 656.